The molecule has 2 amide bonds. The van der Waals surface area contributed by atoms with E-state index < -0.39 is 5.92 Å². The number of halogens is 3. The summed E-state index contributed by atoms with van der Waals surface area (Å²) in [6.07, 6.45) is 11.8. The lowest BCUT2D eigenvalue weighted by Crippen LogP contribution is -2.14. The number of aryl methyl sites for hydroxylation is 2. The molecule has 1 fully saturated rings. The molecule has 3 aliphatic heterocycles. The Balaban J connectivity index is 0.000000135. The van der Waals surface area contributed by atoms with E-state index in [1.165, 1.54) is 25.5 Å². The number of anilines is 2. The zero-order valence-corrected chi connectivity index (χ0v) is 32.6. The van der Waals surface area contributed by atoms with Crippen molar-refractivity contribution in [1.29, 1.82) is 0 Å². The van der Waals surface area contributed by atoms with Crippen molar-refractivity contribution in [2.24, 2.45) is 0 Å². The molecule has 0 bridgehead atoms. The quantitative estimate of drug-likeness (QED) is 0.166. The third kappa shape index (κ3) is 9.00. The highest BCUT2D eigenvalue weighted by Crippen LogP contribution is 2.39. The normalized spacial score (nSPS) is 15.4. The first-order valence-electron chi connectivity index (χ1n) is 17.0. The predicted molar refractivity (Wildman–Crippen MR) is 207 cm³/mol. The number of nitrogens with zero attached hydrogens (tertiary/aromatic N) is 8. The standard InChI is InChI=1S/C16H14BrN5O.C8H6BrNO.C8H9ClN4.C4H8O/c1-2-5-22-7-11-14(18-8-19-15(11)21-22)13-10-6-9(17)3-4-12(10)20-16(13)23;9-6-1-2-7-5(3-6)4-8(11)10-7;1-2-3-13-4-6-7(9)10-5-11-8(6)12-13;1-2-4-5-3-1/h3-4,6-8,13H,2,5H2,1H3,(H,20,23);1-3H,4H2,(H,10,11);4-5H,2-3H2,1H3;1-4H2. The first-order chi connectivity index (χ1) is 25.2. The number of carbonyl (C=O) groups excluding carboxylic acids is 2. The molecule has 0 aliphatic carbocycles. The molecule has 6 aromatic rings. The van der Waals surface area contributed by atoms with Gasteiger partial charge < -0.3 is 15.4 Å². The number of rotatable bonds is 5. The van der Waals surface area contributed by atoms with Crippen LogP contribution in [0.3, 0.4) is 0 Å². The minimum absolute atomic E-state index is 0.0682. The van der Waals surface area contributed by atoms with E-state index in [0.717, 1.165) is 81.4 Å². The number of fused-ring (bicyclic) bond motifs is 4. The van der Waals surface area contributed by atoms with Crippen LogP contribution in [-0.2, 0) is 33.8 Å². The molecule has 4 aromatic heterocycles. The molecule has 2 aromatic carbocycles. The molecule has 52 heavy (non-hydrogen) atoms. The van der Waals surface area contributed by atoms with Crippen molar-refractivity contribution in [2.75, 3.05) is 23.8 Å². The molecule has 1 saturated heterocycles. The highest BCUT2D eigenvalue weighted by Gasteiger charge is 2.35. The molecular weight excluding hydrogens is 816 g/mol. The van der Waals surface area contributed by atoms with Crippen molar-refractivity contribution >= 4 is 88.7 Å². The Morgan fingerprint density at radius 3 is 2.06 bits per heavy atom. The SMILES string of the molecule is C1CCOC1.CCCn1cc2c(C3C(=O)Nc4ccc(Br)cc43)ncnc2n1.CCCn1cc2c(Cl)ncnc2n1.O=C1Cc2cc(Br)ccc2N1. The zero-order chi connectivity index (χ0) is 36.6. The van der Waals surface area contributed by atoms with Gasteiger partial charge in [0.15, 0.2) is 11.3 Å². The lowest BCUT2D eigenvalue weighted by molar-refractivity contribution is -0.116. The van der Waals surface area contributed by atoms with E-state index in [4.69, 9.17) is 16.3 Å². The van der Waals surface area contributed by atoms with E-state index in [-0.39, 0.29) is 11.8 Å². The number of aromatic nitrogens is 8. The topological polar surface area (TPSA) is 155 Å². The van der Waals surface area contributed by atoms with E-state index in [1.54, 1.807) is 0 Å². The van der Waals surface area contributed by atoms with Crippen LogP contribution in [-0.4, -0.2) is 64.5 Å². The van der Waals surface area contributed by atoms with Gasteiger partial charge in [-0.2, -0.15) is 10.2 Å². The van der Waals surface area contributed by atoms with Crippen LogP contribution in [0.2, 0.25) is 5.15 Å². The van der Waals surface area contributed by atoms with Crippen LogP contribution in [0.4, 0.5) is 11.4 Å². The number of ether oxygens (including phenoxy) is 1. The lowest BCUT2D eigenvalue weighted by Gasteiger charge is -2.09. The maximum absolute atomic E-state index is 12.5. The largest absolute Gasteiger partial charge is 0.381 e. The Morgan fingerprint density at radius 1 is 0.808 bits per heavy atom. The molecule has 1 unspecified atom stereocenters. The Kier molecular flexibility index (Phi) is 12.6. The van der Waals surface area contributed by atoms with Crippen molar-refractivity contribution in [3.05, 3.63) is 92.4 Å². The minimum Gasteiger partial charge on any atom is -0.381 e. The summed E-state index contributed by atoms with van der Waals surface area (Å²) in [5, 5.41) is 16.5. The van der Waals surface area contributed by atoms with Gasteiger partial charge in [0, 0.05) is 59.0 Å². The predicted octanol–water partition coefficient (Wildman–Crippen LogP) is 7.71. The maximum atomic E-state index is 12.5. The van der Waals surface area contributed by atoms with E-state index in [9.17, 15) is 9.59 Å². The second-order valence-electron chi connectivity index (χ2n) is 12.2. The molecule has 1 atom stereocenters. The van der Waals surface area contributed by atoms with Gasteiger partial charge in [0.05, 0.1) is 22.9 Å². The van der Waals surface area contributed by atoms with Gasteiger partial charge in [0.1, 0.15) is 23.7 Å². The molecule has 0 spiro atoms. The molecule has 0 radical (unpaired) electrons. The van der Waals surface area contributed by atoms with Crippen molar-refractivity contribution in [2.45, 2.75) is 65.0 Å². The van der Waals surface area contributed by atoms with Crippen molar-refractivity contribution in [3.63, 3.8) is 0 Å². The molecular formula is C36H37Br2ClN10O3. The summed E-state index contributed by atoms with van der Waals surface area (Å²) >= 11 is 12.7. The minimum atomic E-state index is -0.438. The number of hydrogen-bond acceptors (Lipinski definition) is 9. The summed E-state index contributed by atoms with van der Waals surface area (Å²) in [5.41, 5.74) is 5.76. The van der Waals surface area contributed by atoms with Crippen LogP contribution in [0.15, 0.2) is 70.4 Å². The zero-order valence-electron chi connectivity index (χ0n) is 28.7. The van der Waals surface area contributed by atoms with Gasteiger partial charge in [-0.3, -0.25) is 19.0 Å². The van der Waals surface area contributed by atoms with Crippen LogP contribution >= 0.6 is 43.5 Å². The second kappa shape index (κ2) is 17.5. The third-order valence-corrected chi connectivity index (χ3v) is 9.54. The van der Waals surface area contributed by atoms with E-state index in [1.807, 2.05) is 58.2 Å². The van der Waals surface area contributed by atoms with Crippen LogP contribution < -0.4 is 10.6 Å². The van der Waals surface area contributed by atoms with E-state index in [0.29, 0.717) is 28.6 Å². The van der Waals surface area contributed by atoms with Crippen molar-refractivity contribution in [1.82, 2.24) is 39.5 Å². The van der Waals surface area contributed by atoms with Gasteiger partial charge in [-0.05, 0) is 73.2 Å². The average Bonchev–Trinajstić information content (AvgIpc) is 3.96. The van der Waals surface area contributed by atoms with Crippen LogP contribution in [0.1, 0.15) is 62.3 Å². The lowest BCUT2D eigenvalue weighted by atomic mass is 9.95. The Bertz CT molecular complexity index is 2200. The van der Waals surface area contributed by atoms with Crippen LogP contribution in [0.5, 0.6) is 0 Å². The summed E-state index contributed by atoms with van der Waals surface area (Å²) in [5.74, 6) is -0.424. The molecule has 13 nitrogen and oxygen atoms in total. The summed E-state index contributed by atoms with van der Waals surface area (Å²) in [4.78, 5) is 39.9. The fourth-order valence-corrected chi connectivity index (χ4v) is 6.85. The van der Waals surface area contributed by atoms with Gasteiger partial charge in [-0.1, -0.05) is 57.3 Å². The van der Waals surface area contributed by atoms with E-state index in [2.05, 4.69) is 86.5 Å². The molecule has 9 rings (SSSR count). The van der Waals surface area contributed by atoms with Gasteiger partial charge in [0.2, 0.25) is 11.8 Å². The monoisotopic (exact) mass is 850 g/mol. The van der Waals surface area contributed by atoms with Gasteiger partial charge in [-0.25, -0.2) is 19.9 Å². The van der Waals surface area contributed by atoms with Crippen molar-refractivity contribution < 1.29 is 14.3 Å². The summed E-state index contributed by atoms with van der Waals surface area (Å²) in [6, 6.07) is 11.6. The molecule has 2 N–H and O–H groups in total. The maximum Gasteiger partial charge on any atom is 0.238 e. The molecule has 7 heterocycles. The molecule has 270 valence electrons. The molecule has 3 aliphatic rings. The number of amides is 2. The first-order valence-corrected chi connectivity index (χ1v) is 19.0. The average molecular weight is 853 g/mol. The second-order valence-corrected chi connectivity index (χ2v) is 14.4. The highest BCUT2D eigenvalue weighted by atomic mass is 79.9. The summed E-state index contributed by atoms with van der Waals surface area (Å²) < 4.78 is 10.6. The Hall–Kier alpha value is -4.31. The van der Waals surface area contributed by atoms with E-state index >= 15 is 0 Å². The first kappa shape index (κ1) is 37.4. The third-order valence-electron chi connectivity index (χ3n) is 8.25. The van der Waals surface area contributed by atoms with Crippen LogP contribution in [0.25, 0.3) is 22.1 Å². The summed E-state index contributed by atoms with van der Waals surface area (Å²) in [6.45, 7) is 7.89. The molecule has 16 heteroatoms. The summed E-state index contributed by atoms with van der Waals surface area (Å²) in [7, 11) is 0. The number of nitrogens with one attached hydrogen (secondary N) is 2. The van der Waals surface area contributed by atoms with Gasteiger partial charge in [0.25, 0.3) is 0 Å². The number of benzene rings is 2. The van der Waals surface area contributed by atoms with Gasteiger partial charge >= 0.3 is 0 Å². The Morgan fingerprint density at radius 2 is 1.42 bits per heavy atom. The van der Waals surface area contributed by atoms with Crippen molar-refractivity contribution in [3.8, 4) is 0 Å². The number of carbonyl (C=O) groups is 2. The van der Waals surface area contributed by atoms with Crippen LogP contribution in [0, 0.1) is 0 Å². The fraction of sp³-hybridized carbons (Fsp3) is 0.333. The smallest absolute Gasteiger partial charge is 0.238 e. The molecule has 0 saturated carbocycles. The number of hydrogen-bond donors (Lipinski definition) is 2. The highest BCUT2D eigenvalue weighted by molar-refractivity contribution is 9.10. The fourth-order valence-electron chi connectivity index (χ4n) is 5.89. The van der Waals surface area contributed by atoms with Gasteiger partial charge in [-0.15, -0.1) is 0 Å². The Labute approximate surface area is 322 Å².